The van der Waals surface area contributed by atoms with Gasteiger partial charge in [0.1, 0.15) is 17.5 Å². The van der Waals surface area contributed by atoms with E-state index in [1.165, 1.54) is 6.42 Å². The number of unbranched alkanes of at least 4 members (excludes halogenated alkanes) is 1. The molecule has 0 aliphatic rings. The fraction of sp³-hybridized carbons (Fsp3) is 0.733. The zero-order chi connectivity index (χ0) is 15.3. The van der Waals surface area contributed by atoms with Crippen molar-refractivity contribution in [1.82, 2.24) is 14.9 Å². The van der Waals surface area contributed by atoms with E-state index in [0.717, 1.165) is 36.7 Å². The van der Waals surface area contributed by atoms with Crippen LogP contribution in [0.15, 0.2) is 0 Å². The maximum atomic E-state index is 5.99. The molecule has 0 bridgehead atoms. The quantitative estimate of drug-likeness (QED) is 0.783. The first-order valence-electron chi connectivity index (χ1n) is 7.25. The summed E-state index contributed by atoms with van der Waals surface area (Å²) in [6, 6.07) is 0. The van der Waals surface area contributed by atoms with E-state index in [2.05, 4.69) is 55.1 Å². The Morgan fingerprint density at radius 2 is 1.80 bits per heavy atom. The van der Waals surface area contributed by atoms with Gasteiger partial charge in [-0.15, -0.1) is 0 Å². The van der Waals surface area contributed by atoms with Gasteiger partial charge in [0.25, 0.3) is 0 Å². The molecule has 5 heteroatoms. The first-order chi connectivity index (χ1) is 9.21. The highest BCUT2D eigenvalue weighted by Crippen LogP contribution is 2.24. The molecular formula is C15H29N5. The van der Waals surface area contributed by atoms with Gasteiger partial charge in [-0.25, -0.2) is 9.97 Å². The van der Waals surface area contributed by atoms with Crippen LogP contribution in [-0.4, -0.2) is 42.1 Å². The number of hydrogen-bond acceptors (Lipinski definition) is 5. The lowest BCUT2D eigenvalue weighted by Crippen LogP contribution is -2.20. The zero-order valence-corrected chi connectivity index (χ0v) is 13.7. The van der Waals surface area contributed by atoms with Crippen molar-refractivity contribution in [3.8, 4) is 0 Å². The molecule has 1 heterocycles. The topological polar surface area (TPSA) is 67.1 Å². The third kappa shape index (κ3) is 4.96. The number of hydrogen-bond donors (Lipinski definition) is 2. The van der Waals surface area contributed by atoms with Gasteiger partial charge in [-0.1, -0.05) is 20.8 Å². The molecule has 0 saturated heterocycles. The van der Waals surface area contributed by atoms with Crippen molar-refractivity contribution in [1.29, 1.82) is 0 Å². The molecule has 0 aliphatic carbocycles. The summed E-state index contributed by atoms with van der Waals surface area (Å²) < 4.78 is 0. The minimum absolute atomic E-state index is 0.0941. The van der Waals surface area contributed by atoms with Gasteiger partial charge in [0.05, 0.1) is 0 Å². The fourth-order valence-corrected chi connectivity index (χ4v) is 1.80. The molecule has 0 spiro atoms. The SMILES string of the molecule is Cc1c(N)nc(C(C)(C)C)nc1NCCCCN(C)C. The van der Waals surface area contributed by atoms with E-state index < -0.39 is 0 Å². The molecule has 0 saturated carbocycles. The van der Waals surface area contributed by atoms with E-state index in [1.54, 1.807) is 0 Å². The van der Waals surface area contributed by atoms with Crippen LogP contribution in [0.25, 0.3) is 0 Å². The average Bonchev–Trinajstić information content (AvgIpc) is 2.31. The predicted octanol–water partition coefficient (Wildman–Crippen LogP) is 2.42. The van der Waals surface area contributed by atoms with E-state index in [-0.39, 0.29) is 5.41 Å². The molecule has 1 rings (SSSR count). The molecule has 20 heavy (non-hydrogen) atoms. The van der Waals surface area contributed by atoms with Crippen molar-refractivity contribution in [2.45, 2.75) is 46.0 Å². The van der Waals surface area contributed by atoms with Gasteiger partial charge in [0.2, 0.25) is 0 Å². The normalized spacial score (nSPS) is 11.9. The van der Waals surface area contributed by atoms with Crippen LogP contribution in [0.4, 0.5) is 11.6 Å². The van der Waals surface area contributed by atoms with Crippen molar-refractivity contribution >= 4 is 11.6 Å². The summed E-state index contributed by atoms with van der Waals surface area (Å²) in [5.74, 6) is 2.23. The summed E-state index contributed by atoms with van der Waals surface area (Å²) >= 11 is 0. The first kappa shape index (κ1) is 16.7. The molecule has 0 unspecified atom stereocenters. The highest BCUT2D eigenvalue weighted by molar-refractivity contribution is 5.55. The van der Waals surface area contributed by atoms with Crippen LogP contribution in [0.5, 0.6) is 0 Å². The summed E-state index contributed by atoms with van der Waals surface area (Å²) in [5, 5.41) is 3.39. The van der Waals surface area contributed by atoms with Crippen LogP contribution in [0, 0.1) is 6.92 Å². The Morgan fingerprint density at radius 3 is 2.35 bits per heavy atom. The first-order valence-corrected chi connectivity index (χ1v) is 7.25. The van der Waals surface area contributed by atoms with Crippen molar-refractivity contribution in [3.05, 3.63) is 11.4 Å². The molecule has 1 aromatic rings. The Labute approximate surface area is 123 Å². The molecule has 5 nitrogen and oxygen atoms in total. The summed E-state index contributed by atoms with van der Waals surface area (Å²) in [4.78, 5) is 11.2. The summed E-state index contributed by atoms with van der Waals surface area (Å²) in [7, 11) is 4.19. The van der Waals surface area contributed by atoms with Crippen LogP contribution in [0.1, 0.15) is 45.0 Å². The molecule has 114 valence electrons. The lowest BCUT2D eigenvalue weighted by atomic mass is 9.95. The van der Waals surface area contributed by atoms with Gasteiger partial charge in [0.15, 0.2) is 0 Å². The van der Waals surface area contributed by atoms with E-state index in [4.69, 9.17) is 5.73 Å². The molecular weight excluding hydrogens is 250 g/mol. The van der Waals surface area contributed by atoms with Crippen LogP contribution in [-0.2, 0) is 5.41 Å². The number of nitrogen functional groups attached to an aromatic ring is 1. The molecule has 0 amide bonds. The standard InChI is InChI=1S/C15H29N5/c1-11-12(16)18-14(15(2,3)4)19-13(11)17-9-7-8-10-20(5)6/h7-10H2,1-6H3,(H3,16,17,18,19). The monoisotopic (exact) mass is 279 g/mol. The second-order valence-electron chi connectivity index (χ2n) is 6.59. The maximum absolute atomic E-state index is 5.99. The summed E-state index contributed by atoms with van der Waals surface area (Å²) in [6.45, 7) is 10.3. The Morgan fingerprint density at radius 1 is 1.15 bits per heavy atom. The largest absolute Gasteiger partial charge is 0.383 e. The number of anilines is 2. The maximum Gasteiger partial charge on any atom is 0.138 e. The Kier molecular flexibility index (Phi) is 5.74. The number of aromatic nitrogens is 2. The number of nitrogens with zero attached hydrogens (tertiary/aromatic N) is 3. The van der Waals surface area contributed by atoms with Crippen molar-refractivity contribution in [2.24, 2.45) is 0 Å². The van der Waals surface area contributed by atoms with Gasteiger partial charge in [-0.05, 0) is 40.4 Å². The predicted molar refractivity (Wildman–Crippen MR) is 86.2 cm³/mol. The highest BCUT2D eigenvalue weighted by atomic mass is 15.1. The fourth-order valence-electron chi connectivity index (χ4n) is 1.80. The van der Waals surface area contributed by atoms with Gasteiger partial charge < -0.3 is 16.0 Å². The molecule has 3 N–H and O–H groups in total. The molecule has 1 aromatic heterocycles. The van der Waals surface area contributed by atoms with Crippen LogP contribution in [0.2, 0.25) is 0 Å². The van der Waals surface area contributed by atoms with Gasteiger partial charge in [-0.2, -0.15) is 0 Å². The van der Waals surface area contributed by atoms with Crippen LogP contribution < -0.4 is 11.1 Å². The van der Waals surface area contributed by atoms with E-state index in [1.807, 2.05) is 6.92 Å². The minimum atomic E-state index is -0.0941. The zero-order valence-electron chi connectivity index (χ0n) is 13.7. The van der Waals surface area contributed by atoms with Crippen molar-refractivity contribution < 1.29 is 0 Å². The molecule has 0 radical (unpaired) electrons. The highest BCUT2D eigenvalue weighted by Gasteiger charge is 2.20. The Bertz CT molecular complexity index is 435. The second kappa shape index (κ2) is 6.88. The second-order valence-corrected chi connectivity index (χ2v) is 6.59. The van der Waals surface area contributed by atoms with E-state index >= 15 is 0 Å². The minimum Gasteiger partial charge on any atom is -0.383 e. The third-order valence-corrected chi connectivity index (χ3v) is 3.18. The summed E-state index contributed by atoms with van der Waals surface area (Å²) in [5.41, 5.74) is 6.83. The Balaban J connectivity index is 2.67. The van der Waals surface area contributed by atoms with Crippen LogP contribution >= 0.6 is 0 Å². The van der Waals surface area contributed by atoms with E-state index in [0.29, 0.717) is 5.82 Å². The molecule has 0 fully saturated rings. The smallest absolute Gasteiger partial charge is 0.138 e. The number of nitrogens with one attached hydrogen (secondary N) is 1. The van der Waals surface area contributed by atoms with Gasteiger partial charge in [-0.3, -0.25) is 0 Å². The average molecular weight is 279 g/mol. The number of rotatable bonds is 6. The molecule has 0 aromatic carbocycles. The van der Waals surface area contributed by atoms with Crippen LogP contribution in [0.3, 0.4) is 0 Å². The van der Waals surface area contributed by atoms with Gasteiger partial charge in [0, 0.05) is 17.5 Å². The molecule has 0 aliphatic heterocycles. The van der Waals surface area contributed by atoms with Crippen molar-refractivity contribution in [2.75, 3.05) is 38.2 Å². The molecule has 0 atom stereocenters. The lowest BCUT2D eigenvalue weighted by molar-refractivity contribution is 0.396. The van der Waals surface area contributed by atoms with Gasteiger partial charge >= 0.3 is 0 Å². The lowest BCUT2D eigenvalue weighted by Gasteiger charge is -2.20. The van der Waals surface area contributed by atoms with E-state index in [9.17, 15) is 0 Å². The Hall–Kier alpha value is -1.36. The third-order valence-electron chi connectivity index (χ3n) is 3.18. The number of nitrogens with two attached hydrogens (primary N) is 1. The van der Waals surface area contributed by atoms with Crippen molar-refractivity contribution in [3.63, 3.8) is 0 Å². The summed E-state index contributed by atoms with van der Waals surface area (Å²) in [6.07, 6.45) is 2.29.